The number of aldehydes is 1. The van der Waals surface area contributed by atoms with E-state index in [1.54, 1.807) is 0 Å². The molecule has 0 rings (SSSR count). The summed E-state index contributed by atoms with van der Waals surface area (Å²) in [5.74, 6) is 0. The molecule has 0 saturated heterocycles. The van der Waals surface area contributed by atoms with Gasteiger partial charge in [-0.1, -0.05) is 42.5 Å². The Bertz CT molecular complexity index is 207. The Balaban J connectivity index is 3.49. The second kappa shape index (κ2) is 9.63. The summed E-state index contributed by atoms with van der Waals surface area (Å²) in [5, 5.41) is 0. The van der Waals surface area contributed by atoms with Crippen molar-refractivity contribution < 1.29 is 4.79 Å². The molecule has 0 amide bonds. The van der Waals surface area contributed by atoms with Gasteiger partial charge in [-0.05, 0) is 19.4 Å². The molecule has 0 N–H and O–H groups in total. The van der Waals surface area contributed by atoms with Crippen LogP contribution in [0.3, 0.4) is 0 Å². The van der Waals surface area contributed by atoms with Crippen LogP contribution in [0.25, 0.3) is 0 Å². The molecule has 0 bridgehead atoms. The van der Waals surface area contributed by atoms with E-state index in [1.165, 1.54) is 6.08 Å². The Morgan fingerprint density at radius 2 is 1.58 bits per heavy atom. The fourth-order valence-electron chi connectivity index (χ4n) is 0.609. The summed E-state index contributed by atoms with van der Waals surface area (Å²) in [7, 11) is 0. The summed E-state index contributed by atoms with van der Waals surface area (Å²) >= 11 is 0. The number of rotatable bonds is 5. The summed E-state index contributed by atoms with van der Waals surface area (Å²) in [5.41, 5.74) is 0. The summed E-state index contributed by atoms with van der Waals surface area (Å²) in [6, 6.07) is 0. The van der Waals surface area contributed by atoms with Gasteiger partial charge >= 0.3 is 0 Å². The van der Waals surface area contributed by atoms with Crippen molar-refractivity contribution in [2.24, 2.45) is 0 Å². The predicted octanol–water partition coefficient (Wildman–Crippen LogP) is 2.82. The molecule has 0 heterocycles. The molecule has 0 aromatic heterocycles. The molecule has 0 aliphatic rings. The molecule has 1 nitrogen and oxygen atoms in total. The van der Waals surface area contributed by atoms with Gasteiger partial charge in [-0.3, -0.25) is 4.79 Å². The van der Waals surface area contributed by atoms with E-state index in [2.05, 4.69) is 0 Å². The summed E-state index contributed by atoms with van der Waals surface area (Å²) in [4.78, 5) is 9.84. The molecule has 1 heteroatoms. The summed E-state index contributed by atoms with van der Waals surface area (Å²) in [6.07, 6.45) is 16.7. The molecular formula is C11H14O. The van der Waals surface area contributed by atoms with E-state index in [0.29, 0.717) is 0 Å². The van der Waals surface area contributed by atoms with Gasteiger partial charge in [-0.2, -0.15) is 0 Å². The zero-order valence-corrected chi connectivity index (χ0v) is 7.31. The minimum atomic E-state index is 0.781. The van der Waals surface area contributed by atoms with Crippen molar-refractivity contribution in [3.8, 4) is 0 Å². The number of carbonyl (C=O) groups excluding carboxylic acids is 1. The lowest BCUT2D eigenvalue weighted by atomic mass is 10.3. The SMILES string of the molecule is C\C=C/C=C\C=C\C/C=C/C=O. The maximum Gasteiger partial charge on any atom is 0.142 e. The molecule has 0 atom stereocenters. The van der Waals surface area contributed by atoms with Gasteiger partial charge in [0.2, 0.25) is 0 Å². The molecule has 0 aliphatic carbocycles. The van der Waals surface area contributed by atoms with Crippen LogP contribution in [0.15, 0.2) is 48.6 Å². The van der Waals surface area contributed by atoms with Gasteiger partial charge in [0.1, 0.15) is 6.29 Å². The van der Waals surface area contributed by atoms with Gasteiger partial charge < -0.3 is 0 Å². The van der Waals surface area contributed by atoms with Gasteiger partial charge in [-0.15, -0.1) is 0 Å². The van der Waals surface area contributed by atoms with Crippen LogP contribution in [0.5, 0.6) is 0 Å². The van der Waals surface area contributed by atoms with Crippen LogP contribution in [0.1, 0.15) is 13.3 Å². The lowest BCUT2D eigenvalue weighted by Gasteiger charge is -1.76. The highest BCUT2D eigenvalue weighted by Gasteiger charge is 1.67. The van der Waals surface area contributed by atoms with Crippen LogP contribution in [0.4, 0.5) is 0 Å². The van der Waals surface area contributed by atoms with E-state index < -0.39 is 0 Å². The van der Waals surface area contributed by atoms with E-state index >= 15 is 0 Å². The third kappa shape index (κ3) is 8.63. The second-order valence-corrected chi connectivity index (χ2v) is 2.14. The average molecular weight is 162 g/mol. The van der Waals surface area contributed by atoms with Gasteiger partial charge in [0.05, 0.1) is 0 Å². The van der Waals surface area contributed by atoms with E-state index in [-0.39, 0.29) is 0 Å². The Morgan fingerprint density at radius 3 is 2.25 bits per heavy atom. The molecule has 0 unspecified atom stereocenters. The molecule has 12 heavy (non-hydrogen) atoms. The van der Waals surface area contributed by atoms with Crippen LogP contribution in [0, 0.1) is 0 Å². The van der Waals surface area contributed by atoms with Gasteiger partial charge in [-0.25, -0.2) is 0 Å². The number of carbonyl (C=O) groups is 1. The highest BCUT2D eigenvalue weighted by molar-refractivity contribution is 5.64. The normalized spacial score (nSPS) is 12.8. The van der Waals surface area contributed by atoms with Crippen molar-refractivity contribution >= 4 is 6.29 Å². The van der Waals surface area contributed by atoms with Crippen molar-refractivity contribution in [2.75, 3.05) is 0 Å². The first-order chi connectivity index (χ1) is 5.91. The molecular weight excluding hydrogens is 148 g/mol. The number of hydrogen-bond donors (Lipinski definition) is 0. The molecule has 64 valence electrons. The van der Waals surface area contributed by atoms with Crippen LogP contribution >= 0.6 is 0 Å². The van der Waals surface area contributed by atoms with E-state index in [4.69, 9.17) is 0 Å². The van der Waals surface area contributed by atoms with Gasteiger partial charge in [0.25, 0.3) is 0 Å². The zero-order chi connectivity index (χ0) is 9.07. The van der Waals surface area contributed by atoms with Crippen LogP contribution in [0.2, 0.25) is 0 Å². The maximum atomic E-state index is 9.84. The maximum absolute atomic E-state index is 9.84. The highest BCUT2D eigenvalue weighted by atomic mass is 16.1. The summed E-state index contributed by atoms with van der Waals surface area (Å²) in [6.45, 7) is 1.97. The van der Waals surface area contributed by atoms with Crippen molar-refractivity contribution in [1.29, 1.82) is 0 Å². The largest absolute Gasteiger partial charge is 0.299 e. The third-order valence-corrected chi connectivity index (χ3v) is 1.15. The van der Waals surface area contributed by atoms with Crippen molar-refractivity contribution in [3.63, 3.8) is 0 Å². The third-order valence-electron chi connectivity index (χ3n) is 1.15. The first-order valence-corrected chi connectivity index (χ1v) is 3.96. The van der Waals surface area contributed by atoms with Crippen molar-refractivity contribution in [3.05, 3.63) is 48.6 Å². The van der Waals surface area contributed by atoms with E-state index in [0.717, 1.165) is 12.7 Å². The zero-order valence-electron chi connectivity index (χ0n) is 7.31. The fraction of sp³-hybridized carbons (Fsp3) is 0.182. The van der Waals surface area contributed by atoms with Crippen LogP contribution in [-0.4, -0.2) is 6.29 Å². The minimum Gasteiger partial charge on any atom is -0.299 e. The Labute approximate surface area is 73.8 Å². The van der Waals surface area contributed by atoms with Crippen molar-refractivity contribution in [1.82, 2.24) is 0 Å². The lowest BCUT2D eigenvalue weighted by molar-refractivity contribution is -0.104. The van der Waals surface area contributed by atoms with Crippen LogP contribution < -0.4 is 0 Å². The van der Waals surface area contributed by atoms with Gasteiger partial charge in [0, 0.05) is 0 Å². The molecule has 0 radical (unpaired) electrons. The van der Waals surface area contributed by atoms with Gasteiger partial charge in [0.15, 0.2) is 0 Å². The highest BCUT2D eigenvalue weighted by Crippen LogP contribution is 1.86. The molecule has 0 spiro atoms. The first kappa shape index (κ1) is 10.6. The predicted molar refractivity (Wildman–Crippen MR) is 52.9 cm³/mol. The fourth-order valence-corrected chi connectivity index (χ4v) is 0.609. The lowest BCUT2D eigenvalue weighted by Crippen LogP contribution is -1.60. The molecule has 0 fully saturated rings. The molecule has 0 aromatic rings. The second-order valence-electron chi connectivity index (χ2n) is 2.14. The quantitative estimate of drug-likeness (QED) is 0.345. The topological polar surface area (TPSA) is 17.1 Å². The Morgan fingerprint density at radius 1 is 0.917 bits per heavy atom. The van der Waals surface area contributed by atoms with Crippen LogP contribution in [-0.2, 0) is 4.79 Å². The average Bonchev–Trinajstić information content (AvgIpc) is 2.10. The number of hydrogen-bond acceptors (Lipinski definition) is 1. The molecule has 0 aromatic carbocycles. The van der Waals surface area contributed by atoms with Crippen molar-refractivity contribution in [2.45, 2.75) is 13.3 Å². The monoisotopic (exact) mass is 162 g/mol. The number of allylic oxidation sites excluding steroid dienone is 8. The standard InChI is InChI=1S/C11H14O/c1-2-3-4-5-6-7-8-9-10-11-12/h2-7,9-11H,8H2,1H3/b3-2-,5-4-,7-6+,10-9+. The Hall–Kier alpha value is -1.37. The Kier molecular flexibility index (Phi) is 8.53. The smallest absolute Gasteiger partial charge is 0.142 e. The molecule has 0 aliphatic heterocycles. The molecule has 0 saturated carbocycles. The van der Waals surface area contributed by atoms with E-state index in [9.17, 15) is 4.79 Å². The minimum absolute atomic E-state index is 0.781. The van der Waals surface area contributed by atoms with E-state index in [1.807, 2.05) is 49.5 Å². The first-order valence-electron chi connectivity index (χ1n) is 3.96. The summed E-state index contributed by atoms with van der Waals surface area (Å²) < 4.78 is 0.